The average Bonchev–Trinajstić information content (AvgIpc) is 2.93. The maximum Gasteiger partial charge on any atom is 0.0931 e. The first-order chi connectivity index (χ1) is 8.65. The molecule has 1 fully saturated rings. The van der Waals surface area contributed by atoms with Crippen molar-refractivity contribution in [3.8, 4) is 0 Å². The lowest BCUT2D eigenvalue weighted by Gasteiger charge is -2.17. The molecule has 1 aliphatic heterocycles. The third kappa shape index (κ3) is 4.23. The van der Waals surface area contributed by atoms with Crippen LogP contribution in [0, 0.1) is 11.8 Å². The van der Waals surface area contributed by atoms with Crippen molar-refractivity contribution in [1.29, 1.82) is 0 Å². The second-order valence-electron chi connectivity index (χ2n) is 5.48. The fourth-order valence-corrected chi connectivity index (χ4v) is 3.56. The van der Waals surface area contributed by atoms with Crippen LogP contribution in [0.4, 0.5) is 0 Å². The molecule has 0 amide bonds. The van der Waals surface area contributed by atoms with E-state index >= 15 is 0 Å². The van der Waals surface area contributed by atoms with E-state index < -0.39 is 0 Å². The van der Waals surface area contributed by atoms with Gasteiger partial charge in [-0.2, -0.15) is 0 Å². The largest absolute Gasteiger partial charge is 0.311 e. The lowest BCUT2D eigenvalue weighted by Crippen LogP contribution is -2.30. The molecule has 2 heterocycles. The Morgan fingerprint density at radius 3 is 2.94 bits per heavy atom. The van der Waals surface area contributed by atoms with E-state index in [-0.39, 0.29) is 0 Å². The molecule has 1 aromatic heterocycles. The van der Waals surface area contributed by atoms with Crippen LogP contribution in [-0.2, 0) is 6.54 Å². The van der Waals surface area contributed by atoms with Gasteiger partial charge in [-0.1, -0.05) is 25.4 Å². The molecule has 0 aromatic carbocycles. The van der Waals surface area contributed by atoms with Crippen molar-refractivity contribution in [2.75, 3.05) is 26.2 Å². The summed E-state index contributed by atoms with van der Waals surface area (Å²) < 4.78 is 0.881. The van der Waals surface area contributed by atoms with E-state index in [1.165, 1.54) is 30.9 Å². The minimum Gasteiger partial charge on any atom is -0.311 e. The number of nitrogens with zero attached hydrogens (tertiary/aromatic N) is 1. The molecule has 1 unspecified atom stereocenters. The highest BCUT2D eigenvalue weighted by molar-refractivity contribution is 7.16. The molecular formula is C14H23ClN2S. The minimum absolute atomic E-state index is 0.830. The van der Waals surface area contributed by atoms with Crippen molar-refractivity contribution >= 4 is 22.9 Å². The van der Waals surface area contributed by atoms with Gasteiger partial charge in [-0.25, -0.2) is 0 Å². The third-order valence-corrected chi connectivity index (χ3v) is 5.02. The monoisotopic (exact) mass is 286 g/mol. The van der Waals surface area contributed by atoms with Crippen LogP contribution in [-0.4, -0.2) is 31.1 Å². The van der Waals surface area contributed by atoms with Crippen LogP contribution >= 0.6 is 22.9 Å². The summed E-state index contributed by atoms with van der Waals surface area (Å²) in [6.45, 7) is 10.4. The van der Waals surface area contributed by atoms with Crippen molar-refractivity contribution in [2.45, 2.75) is 26.8 Å². The summed E-state index contributed by atoms with van der Waals surface area (Å²) in [6.07, 6.45) is 1.37. The first-order valence-corrected chi connectivity index (χ1v) is 8.02. The van der Waals surface area contributed by atoms with Gasteiger partial charge in [0.1, 0.15) is 0 Å². The van der Waals surface area contributed by atoms with Gasteiger partial charge in [0.05, 0.1) is 4.34 Å². The highest BCUT2D eigenvalue weighted by atomic mass is 35.5. The van der Waals surface area contributed by atoms with Gasteiger partial charge in [0.2, 0.25) is 0 Å². The van der Waals surface area contributed by atoms with Gasteiger partial charge >= 0.3 is 0 Å². The molecule has 0 aliphatic carbocycles. The standard InChI is InChI=1S/C14H23ClN2S/c1-11(2)12-5-7-17(10-12)8-6-16-9-13-3-4-14(15)18-13/h3-4,11-12,16H,5-10H2,1-2H3. The zero-order chi connectivity index (χ0) is 13.0. The van der Waals surface area contributed by atoms with Gasteiger partial charge in [-0.3, -0.25) is 0 Å². The molecule has 4 heteroatoms. The number of halogens is 1. The molecule has 18 heavy (non-hydrogen) atoms. The number of hydrogen-bond acceptors (Lipinski definition) is 3. The molecule has 0 spiro atoms. The number of thiophene rings is 1. The minimum atomic E-state index is 0.830. The Morgan fingerprint density at radius 2 is 2.33 bits per heavy atom. The zero-order valence-electron chi connectivity index (χ0n) is 11.3. The van der Waals surface area contributed by atoms with Crippen molar-refractivity contribution in [3.05, 3.63) is 21.3 Å². The van der Waals surface area contributed by atoms with E-state index in [0.717, 1.165) is 29.3 Å². The number of hydrogen-bond donors (Lipinski definition) is 1. The van der Waals surface area contributed by atoms with Crippen molar-refractivity contribution in [2.24, 2.45) is 11.8 Å². The second kappa shape index (κ2) is 6.90. The van der Waals surface area contributed by atoms with E-state index in [1.807, 2.05) is 6.07 Å². The fourth-order valence-electron chi connectivity index (χ4n) is 2.51. The maximum absolute atomic E-state index is 5.90. The third-order valence-electron chi connectivity index (χ3n) is 3.78. The second-order valence-corrected chi connectivity index (χ2v) is 7.28. The summed E-state index contributed by atoms with van der Waals surface area (Å²) in [7, 11) is 0. The molecule has 1 N–H and O–H groups in total. The van der Waals surface area contributed by atoms with Gasteiger partial charge in [0.15, 0.2) is 0 Å². The Hall–Kier alpha value is -0.0900. The normalized spacial score (nSPS) is 21.0. The van der Waals surface area contributed by atoms with E-state index in [0.29, 0.717) is 0 Å². The molecule has 2 rings (SSSR count). The fraction of sp³-hybridized carbons (Fsp3) is 0.714. The van der Waals surface area contributed by atoms with Crippen molar-refractivity contribution < 1.29 is 0 Å². The van der Waals surface area contributed by atoms with Crippen molar-refractivity contribution in [3.63, 3.8) is 0 Å². The summed E-state index contributed by atoms with van der Waals surface area (Å²) in [6, 6.07) is 4.07. The Bertz CT molecular complexity index is 364. The predicted molar refractivity (Wildman–Crippen MR) is 80.4 cm³/mol. The van der Waals surface area contributed by atoms with Crippen LogP contribution in [0.5, 0.6) is 0 Å². The topological polar surface area (TPSA) is 15.3 Å². The first kappa shape index (κ1) is 14.3. The molecule has 1 saturated heterocycles. The Kier molecular flexibility index (Phi) is 5.49. The summed E-state index contributed by atoms with van der Waals surface area (Å²) >= 11 is 7.57. The Morgan fingerprint density at radius 1 is 1.50 bits per heavy atom. The smallest absolute Gasteiger partial charge is 0.0931 e. The highest BCUT2D eigenvalue weighted by Gasteiger charge is 2.23. The number of likely N-dealkylation sites (tertiary alicyclic amines) is 1. The van der Waals surface area contributed by atoms with Crippen molar-refractivity contribution in [1.82, 2.24) is 10.2 Å². The molecule has 1 aromatic rings. The van der Waals surface area contributed by atoms with Crippen LogP contribution in [0.15, 0.2) is 12.1 Å². The molecule has 102 valence electrons. The van der Waals surface area contributed by atoms with Gasteiger partial charge < -0.3 is 10.2 Å². The lowest BCUT2D eigenvalue weighted by atomic mass is 9.95. The van der Waals surface area contributed by atoms with E-state index in [9.17, 15) is 0 Å². The molecule has 0 radical (unpaired) electrons. The van der Waals surface area contributed by atoms with Gasteiger partial charge in [-0.15, -0.1) is 11.3 Å². The van der Waals surface area contributed by atoms with E-state index in [4.69, 9.17) is 11.6 Å². The van der Waals surface area contributed by atoms with Gasteiger partial charge in [0.25, 0.3) is 0 Å². The first-order valence-electron chi connectivity index (χ1n) is 6.82. The van der Waals surface area contributed by atoms with Crippen LogP contribution in [0.2, 0.25) is 4.34 Å². The quantitative estimate of drug-likeness (QED) is 0.806. The summed E-state index contributed by atoms with van der Waals surface area (Å²) in [4.78, 5) is 3.90. The van der Waals surface area contributed by atoms with Gasteiger partial charge in [0, 0.05) is 31.1 Å². The molecule has 1 atom stereocenters. The van der Waals surface area contributed by atoms with E-state index in [1.54, 1.807) is 11.3 Å². The van der Waals surface area contributed by atoms with Crippen LogP contribution in [0.3, 0.4) is 0 Å². The summed E-state index contributed by atoms with van der Waals surface area (Å²) in [5, 5.41) is 3.50. The molecular weight excluding hydrogens is 264 g/mol. The van der Waals surface area contributed by atoms with Crippen LogP contribution in [0.1, 0.15) is 25.1 Å². The maximum atomic E-state index is 5.90. The van der Waals surface area contributed by atoms with Crippen LogP contribution in [0.25, 0.3) is 0 Å². The summed E-state index contributed by atoms with van der Waals surface area (Å²) in [5.74, 6) is 1.73. The lowest BCUT2D eigenvalue weighted by molar-refractivity contribution is 0.302. The summed E-state index contributed by atoms with van der Waals surface area (Å²) in [5.41, 5.74) is 0. The highest BCUT2D eigenvalue weighted by Crippen LogP contribution is 2.23. The SMILES string of the molecule is CC(C)C1CCN(CCNCc2ccc(Cl)s2)C1. The van der Waals surface area contributed by atoms with Gasteiger partial charge in [-0.05, 0) is 36.9 Å². The van der Waals surface area contributed by atoms with E-state index in [2.05, 4.69) is 30.1 Å². The number of nitrogens with one attached hydrogen (secondary N) is 1. The predicted octanol–water partition coefficient (Wildman–Crippen LogP) is 3.47. The molecule has 1 aliphatic rings. The molecule has 2 nitrogen and oxygen atoms in total. The average molecular weight is 287 g/mol. The van der Waals surface area contributed by atoms with Crippen LogP contribution < -0.4 is 5.32 Å². The molecule has 0 bridgehead atoms. The zero-order valence-corrected chi connectivity index (χ0v) is 12.9. The molecule has 0 saturated carbocycles. The number of rotatable bonds is 6. The Balaban J connectivity index is 1.59. The Labute approximate surface area is 119 Å².